The Hall–Kier alpha value is -1.52. The van der Waals surface area contributed by atoms with E-state index in [9.17, 15) is 9.59 Å². The van der Waals surface area contributed by atoms with Gasteiger partial charge >= 0.3 is 0 Å². The molecule has 0 unspecified atom stereocenters. The van der Waals surface area contributed by atoms with Crippen LogP contribution in [0.2, 0.25) is 0 Å². The first-order chi connectivity index (χ1) is 8.45. The van der Waals surface area contributed by atoms with E-state index < -0.39 is 11.8 Å². The average molecular weight is 287 g/mol. The summed E-state index contributed by atoms with van der Waals surface area (Å²) in [7, 11) is 1.41. The molecule has 2 amide bonds. The number of halogens is 2. The van der Waals surface area contributed by atoms with Gasteiger partial charge in [-0.25, -0.2) is 0 Å². The van der Waals surface area contributed by atoms with Gasteiger partial charge < -0.3 is 10.6 Å². The van der Waals surface area contributed by atoms with Crippen LogP contribution < -0.4 is 10.6 Å². The number of benzene rings is 1. The van der Waals surface area contributed by atoms with Crippen LogP contribution in [-0.2, 0) is 4.79 Å². The average Bonchev–Trinajstić information content (AvgIpc) is 2.35. The van der Waals surface area contributed by atoms with Gasteiger partial charge in [-0.1, -0.05) is 40.9 Å². The van der Waals surface area contributed by atoms with E-state index in [0.717, 1.165) is 5.56 Å². The number of likely N-dealkylation sites (N-methyl/N-ethyl adjacent to an activating group) is 1. The maximum Gasteiger partial charge on any atom is 0.270 e. The molecule has 6 heteroatoms. The summed E-state index contributed by atoms with van der Waals surface area (Å²) in [6.07, 6.45) is 0. The maximum atomic E-state index is 11.8. The molecule has 0 saturated carbocycles. The van der Waals surface area contributed by atoms with Crippen LogP contribution in [0.1, 0.15) is 15.9 Å². The van der Waals surface area contributed by atoms with Crippen molar-refractivity contribution >= 4 is 35.0 Å². The van der Waals surface area contributed by atoms with Crippen LogP contribution in [0.3, 0.4) is 0 Å². The lowest BCUT2D eigenvalue weighted by Gasteiger charge is -2.08. The van der Waals surface area contributed by atoms with E-state index in [4.69, 9.17) is 23.2 Å². The highest BCUT2D eigenvalue weighted by Crippen LogP contribution is 2.13. The first kappa shape index (κ1) is 14.5. The molecule has 2 N–H and O–H groups in total. The van der Waals surface area contributed by atoms with E-state index in [1.54, 1.807) is 24.3 Å². The Balaban J connectivity index is 2.90. The number of carbonyl (C=O) groups excluding carboxylic acids is 2. The van der Waals surface area contributed by atoms with Crippen molar-refractivity contribution in [2.24, 2.45) is 0 Å². The molecule has 0 aliphatic carbocycles. The summed E-state index contributed by atoms with van der Waals surface area (Å²) in [6.45, 7) is 1.91. The molecule has 0 aliphatic heterocycles. The summed E-state index contributed by atoms with van der Waals surface area (Å²) in [4.78, 5) is 23.3. The highest BCUT2D eigenvalue weighted by atomic mass is 35.5. The van der Waals surface area contributed by atoms with Crippen molar-refractivity contribution in [1.29, 1.82) is 0 Å². The van der Waals surface area contributed by atoms with Gasteiger partial charge in [-0.05, 0) is 19.1 Å². The Labute approximate surface area is 115 Å². The van der Waals surface area contributed by atoms with Gasteiger partial charge in [0.25, 0.3) is 11.8 Å². The second-order valence-electron chi connectivity index (χ2n) is 3.53. The summed E-state index contributed by atoms with van der Waals surface area (Å²) in [6, 6.07) is 6.88. The Kier molecular flexibility index (Phi) is 5.19. The Morgan fingerprint density at radius 1 is 1.11 bits per heavy atom. The second kappa shape index (κ2) is 6.42. The summed E-state index contributed by atoms with van der Waals surface area (Å²) in [5.74, 6) is -1.01. The van der Waals surface area contributed by atoms with Gasteiger partial charge in [-0.3, -0.25) is 9.59 Å². The van der Waals surface area contributed by atoms with Crippen LogP contribution in [0, 0.1) is 6.92 Å². The van der Waals surface area contributed by atoms with Gasteiger partial charge in [-0.2, -0.15) is 0 Å². The third kappa shape index (κ3) is 3.75. The molecule has 1 aromatic rings. The molecule has 0 aromatic heterocycles. The normalized spacial score (nSPS) is 9.56. The predicted molar refractivity (Wildman–Crippen MR) is 71.4 cm³/mol. The van der Waals surface area contributed by atoms with Crippen molar-refractivity contribution in [3.05, 3.63) is 45.6 Å². The van der Waals surface area contributed by atoms with Crippen LogP contribution in [0.4, 0.5) is 0 Å². The van der Waals surface area contributed by atoms with Crippen molar-refractivity contribution in [3.63, 3.8) is 0 Å². The molecule has 18 heavy (non-hydrogen) atoms. The van der Waals surface area contributed by atoms with Crippen molar-refractivity contribution in [3.8, 4) is 0 Å². The second-order valence-corrected chi connectivity index (χ2v) is 4.48. The van der Waals surface area contributed by atoms with Crippen LogP contribution in [-0.4, -0.2) is 18.9 Å². The molecule has 4 nitrogen and oxygen atoms in total. The van der Waals surface area contributed by atoms with Crippen molar-refractivity contribution in [1.82, 2.24) is 10.6 Å². The quantitative estimate of drug-likeness (QED) is 0.837. The lowest BCUT2D eigenvalue weighted by atomic mass is 10.1. The maximum absolute atomic E-state index is 11.8. The van der Waals surface area contributed by atoms with Crippen molar-refractivity contribution in [2.45, 2.75) is 6.92 Å². The zero-order chi connectivity index (χ0) is 13.7. The van der Waals surface area contributed by atoms with Gasteiger partial charge in [0, 0.05) is 12.6 Å². The molecule has 0 fully saturated rings. The smallest absolute Gasteiger partial charge is 0.270 e. The summed E-state index contributed by atoms with van der Waals surface area (Å²) in [5.41, 5.74) is 1.27. The minimum Gasteiger partial charge on any atom is -0.354 e. The van der Waals surface area contributed by atoms with Crippen LogP contribution >= 0.6 is 23.2 Å². The zero-order valence-electron chi connectivity index (χ0n) is 9.88. The molecule has 1 rings (SSSR count). The Morgan fingerprint density at radius 3 is 2.11 bits per heavy atom. The third-order valence-electron chi connectivity index (χ3n) is 2.20. The fourth-order valence-corrected chi connectivity index (χ4v) is 1.47. The molecule has 0 heterocycles. The van der Waals surface area contributed by atoms with Crippen molar-refractivity contribution in [2.75, 3.05) is 7.05 Å². The fraction of sp³-hybridized carbons (Fsp3) is 0.167. The van der Waals surface area contributed by atoms with E-state index in [1.807, 2.05) is 6.92 Å². The lowest BCUT2D eigenvalue weighted by Crippen LogP contribution is -2.33. The monoisotopic (exact) mass is 286 g/mol. The molecule has 0 aliphatic rings. The lowest BCUT2D eigenvalue weighted by molar-refractivity contribution is -0.117. The number of hydrogen-bond acceptors (Lipinski definition) is 2. The largest absolute Gasteiger partial charge is 0.354 e. The first-order valence-electron chi connectivity index (χ1n) is 5.11. The van der Waals surface area contributed by atoms with Gasteiger partial charge in [0.2, 0.25) is 0 Å². The highest BCUT2D eigenvalue weighted by Gasteiger charge is 2.16. The van der Waals surface area contributed by atoms with Gasteiger partial charge in [-0.15, -0.1) is 0 Å². The minimum absolute atomic E-state index is 0.175. The summed E-state index contributed by atoms with van der Waals surface area (Å²) in [5, 5.41) is 4.70. The fourth-order valence-electron chi connectivity index (χ4n) is 1.21. The van der Waals surface area contributed by atoms with E-state index in [0.29, 0.717) is 5.56 Å². The highest BCUT2D eigenvalue weighted by molar-refractivity contribution is 6.57. The first-order valence-corrected chi connectivity index (χ1v) is 5.86. The Bertz CT molecular complexity index is 491. The molecule has 0 radical (unpaired) electrons. The van der Waals surface area contributed by atoms with Crippen LogP contribution in [0.25, 0.3) is 0 Å². The van der Waals surface area contributed by atoms with Crippen LogP contribution in [0.5, 0.6) is 0 Å². The van der Waals surface area contributed by atoms with E-state index in [-0.39, 0.29) is 10.2 Å². The standard InChI is InChI=1S/C12H12Cl2N2O2/c1-7-3-5-8(6-4-7)11(17)16-9(10(13)14)12(18)15-2/h3-6H,1-2H3,(H,15,18)(H,16,17). The van der Waals surface area contributed by atoms with Crippen molar-refractivity contribution < 1.29 is 9.59 Å². The molecule has 0 spiro atoms. The Morgan fingerprint density at radius 2 is 1.67 bits per heavy atom. The number of aryl methyl sites for hydroxylation is 1. The topological polar surface area (TPSA) is 58.2 Å². The molecule has 0 bridgehead atoms. The minimum atomic E-state index is -0.560. The molecule has 0 atom stereocenters. The van der Waals surface area contributed by atoms with E-state index in [1.165, 1.54) is 7.05 Å². The molecular formula is C12H12Cl2N2O2. The molecular weight excluding hydrogens is 275 g/mol. The predicted octanol–water partition coefficient (Wildman–Crippen LogP) is 2.12. The number of nitrogens with one attached hydrogen (secondary N) is 2. The van der Waals surface area contributed by atoms with E-state index >= 15 is 0 Å². The number of rotatable bonds is 3. The SMILES string of the molecule is CNC(=O)C(NC(=O)c1ccc(C)cc1)=C(Cl)Cl. The van der Waals surface area contributed by atoms with Crippen LogP contribution in [0.15, 0.2) is 34.5 Å². The number of carbonyl (C=O) groups is 2. The van der Waals surface area contributed by atoms with Gasteiger partial charge in [0.05, 0.1) is 0 Å². The third-order valence-corrected chi connectivity index (χ3v) is 2.57. The van der Waals surface area contributed by atoms with Gasteiger partial charge in [0.1, 0.15) is 10.2 Å². The zero-order valence-corrected chi connectivity index (χ0v) is 11.4. The molecule has 0 saturated heterocycles. The molecule has 1 aromatic carbocycles. The van der Waals surface area contributed by atoms with Gasteiger partial charge in [0.15, 0.2) is 0 Å². The summed E-state index contributed by atoms with van der Waals surface area (Å²) >= 11 is 11.1. The number of amides is 2. The summed E-state index contributed by atoms with van der Waals surface area (Å²) < 4.78 is -0.296. The number of hydrogen-bond donors (Lipinski definition) is 2. The van der Waals surface area contributed by atoms with E-state index in [2.05, 4.69) is 10.6 Å². The molecule has 96 valence electrons.